The van der Waals surface area contributed by atoms with Crippen molar-refractivity contribution in [1.82, 2.24) is 15.5 Å². The van der Waals surface area contributed by atoms with E-state index in [-0.39, 0.29) is 29.1 Å². The highest BCUT2D eigenvalue weighted by atomic mass is 32.1. The van der Waals surface area contributed by atoms with Gasteiger partial charge < -0.3 is 10.1 Å². The first-order valence-electron chi connectivity index (χ1n) is 11.1. The number of ether oxygens (including phenoxy) is 1. The van der Waals surface area contributed by atoms with E-state index < -0.39 is 6.04 Å². The lowest BCUT2D eigenvalue weighted by atomic mass is 9.84. The first-order chi connectivity index (χ1) is 15.0. The van der Waals surface area contributed by atoms with Crippen LogP contribution in [0.15, 0.2) is 24.3 Å². The second-order valence-corrected chi connectivity index (χ2v) is 10.6. The Bertz CT molecular complexity index is 889. The van der Waals surface area contributed by atoms with E-state index in [1.54, 1.807) is 7.11 Å². The molecule has 0 aliphatic carbocycles. The van der Waals surface area contributed by atoms with Gasteiger partial charge in [0.05, 0.1) is 7.11 Å². The molecule has 8 heteroatoms. The lowest BCUT2D eigenvalue weighted by Gasteiger charge is -2.26. The quantitative estimate of drug-likeness (QED) is 0.512. The number of hydrogen-bond acceptors (Lipinski definition) is 6. The fourth-order valence-corrected chi connectivity index (χ4v) is 4.43. The van der Waals surface area contributed by atoms with E-state index >= 15 is 0 Å². The average molecular weight is 461 g/mol. The molecule has 2 N–H and O–H groups in total. The Labute approximate surface area is 195 Å². The molecule has 0 aliphatic rings. The summed E-state index contributed by atoms with van der Waals surface area (Å²) in [6.07, 6.45) is 2.11. The van der Waals surface area contributed by atoms with Crippen LogP contribution in [0.25, 0.3) is 10.6 Å². The highest BCUT2D eigenvalue weighted by molar-refractivity contribution is 7.18. The van der Waals surface area contributed by atoms with Crippen molar-refractivity contribution in [2.45, 2.75) is 66.8 Å². The van der Waals surface area contributed by atoms with Gasteiger partial charge in [0.1, 0.15) is 16.8 Å². The van der Waals surface area contributed by atoms with Gasteiger partial charge in [-0.15, -0.1) is 10.2 Å². The third kappa shape index (κ3) is 7.89. The van der Waals surface area contributed by atoms with Crippen LogP contribution in [0.2, 0.25) is 0 Å². The number of amides is 2. The summed E-state index contributed by atoms with van der Waals surface area (Å²) >= 11 is 1.29. The van der Waals surface area contributed by atoms with Gasteiger partial charge in [-0.25, -0.2) is 0 Å². The number of carbonyl (C=O) groups is 2. The highest BCUT2D eigenvalue weighted by Crippen LogP contribution is 2.28. The van der Waals surface area contributed by atoms with E-state index in [0.717, 1.165) is 24.2 Å². The average Bonchev–Trinajstić information content (AvgIpc) is 3.18. The Kier molecular flexibility index (Phi) is 9.19. The van der Waals surface area contributed by atoms with Gasteiger partial charge in [0.15, 0.2) is 0 Å². The molecule has 7 nitrogen and oxygen atoms in total. The zero-order chi connectivity index (χ0) is 23.9. The molecular formula is C24H36N4O3S. The van der Waals surface area contributed by atoms with E-state index in [0.29, 0.717) is 16.6 Å². The second-order valence-electron chi connectivity index (χ2n) is 9.63. The van der Waals surface area contributed by atoms with Crippen molar-refractivity contribution in [3.63, 3.8) is 0 Å². The van der Waals surface area contributed by atoms with Gasteiger partial charge in [0.25, 0.3) is 0 Å². The Morgan fingerprint density at radius 1 is 1.12 bits per heavy atom. The summed E-state index contributed by atoms with van der Waals surface area (Å²) in [6.45, 7) is 12.5. The summed E-state index contributed by atoms with van der Waals surface area (Å²) in [4.78, 5) is 25.6. The maximum Gasteiger partial charge on any atom is 0.249 e. The maximum atomic E-state index is 13.0. The third-order valence-corrected chi connectivity index (χ3v) is 6.19. The molecule has 0 aliphatic heterocycles. The Morgan fingerprint density at radius 3 is 2.34 bits per heavy atom. The number of anilines is 1. The van der Waals surface area contributed by atoms with Crippen molar-refractivity contribution in [3.05, 3.63) is 24.3 Å². The molecule has 1 aromatic carbocycles. The molecule has 0 spiro atoms. The Morgan fingerprint density at radius 2 is 1.78 bits per heavy atom. The maximum absolute atomic E-state index is 13.0. The van der Waals surface area contributed by atoms with Crippen LogP contribution in [0.5, 0.6) is 5.75 Å². The second kappa shape index (κ2) is 11.4. The van der Waals surface area contributed by atoms with Crippen LogP contribution in [0.1, 0.15) is 60.8 Å². The monoisotopic (exact) mass is 460 g/mol. The number of hydrogen-bond donors (Lipinski definition) is 2. The molecule has 2 aromatic rings. The number of methoxy groups -OCH3 is 1. The van der Waals surface area contributed by atoms with Crippen LogP contribution in [-0.4, -0.2) is 35.2 Å². The minimum absolute atomic E-state index is 0.00847. The molecule has 3 unspecified atom stereocenters. The molecular weight excluding hydrogens is 424 g/mol. The topological polar surface area (TPSA) is 93.2 Å². The SMILES string of the molecule is CCC(C)C(NC(=O)CC(C)CC(C)(C)C)C(=O)Nc1nnc(-c2ccc(OC)cc2)s1. The minimum Gasteiger partial charge on any atom is -0.497 e. The smallest absolute Gasteiger partial charge is 0.249 e. The molecule has 2 amide bonds. The van der Waals surface area contributed by atoms with Crippen molar-refractivity contribution in [2.24, 2.45) is 17.3 Å². The zero-order valence-corrected chi connectivity index (χ0v) is 21.0. The fourth-order valence-electron chi connectivity index (χ4n) is 3.68. The fraction of sp³-hybridized carbons (Fsp3) is 0.583. The van der Waals surface area contributed by atoms with Gasteiger partial charge in [-0.2, -0.15) is 0 Å². The summed E-state index contributed by atoms with van der Waals surface area (Å²) in [5.74, 6) is 0.624. The molecule has 0 radical (unpaired) electrons. The summed E-state index contributed by atoms with van der Waals surface area (Å²) < 4.78 is 5.18. The Hall–Kier alpha value is -2.48. The predicted octanol–water partition coefficient (Wildman–Crippen LogP) is 5.15. The lowest BCUT2D eigenvalue weighted by Crippen LogP contribution is -2.48. The van der Waals surface area contributed by atoms with Crippen molar-refractivity contribution >= 4 is 28.3 Å². The zero-order valence-electron chi connectivity index (χ0n) is 20.2. The molecule has 0 saturated carbocycles. The van der Waals surface area contributed by atoms with Gasteiger partial charge in [0, 0.05) is 12.0 Å². The predicted molar refractivity (Wildman–Crippen MR) is 130 cm³/mol. The number of nitrogens with zero attached hydrogens (tertiary/aromatic N) is 2. The van der Waals surface area contributed by atoms with Gasteiger partial charge in [-0.3, -0.25) is 14.9 Å². The van der Waals surface area contributed by atoms with Crippen LogP contribution >= 0.6 is 11.3 Å². The molecule has 1 heterocycles. The largest absolute Gasteiger partial charge is 0.497 e. The molecule has 32 heavy (non-hydrogen) atoms. The number of benzene rings is 1. The number of aromatic nitrogens is 2. The highest BCUT2D eigenvalue weighted by Gasteiger charge is 2.28. The molecule has 1 aromatic heterocycles. The molecule has 176 valence electrons. The van der Waals surface area contributed by atoms with E-state index in [1.807, 2.05) is 38.1 Å². The van der Waals surface area contributed by atoms with Crippen molar-refractivity contribution in [1.29, 1.82) is 0 Å². The van der Waals surface area contributed by atoms with E-state index in [9.17, 15) is 9.59 Å². The summed E-state index contributed by atoms with van der Waals surface area (Å²) in [7, 11) is 1.62. The van der Waals surface area contributed by atoms with Crippen molar-refractivity contribution < 1.29 is 14.3 Å². The first kappa shape index (κ1) is 25.8. The minimum atomic E-state index is -0.623. The molecule has 3 atom stereocenters. The third-order valence-electron chi connectivity index (χ3n) is 5.30. The van der Waals surface area contributed by atoms with Gasteiger partial charge in [-0.05, 0) is 47.9 Å². The number of carbonyl (C=O) groups excluding carboxylic acids is 2. The van der Waals surface area contributed by atoms with E-state index in [2.05, 4.69) is 48.5 Å². The first-order valence-corrected chi connectivity index (χ1v) is 11.9. The Balaban J connectivity index is 2.03. The van der Waals surface area contributed by atoms with Crippen LogP contribution in [0.3, 0.4) is 0 Å². The van der Waals surface area contributed by atoms with Crippen LogP contribution in [0.4, 0.5) is 5.13 Å². The molecule has 0 saturated heterocycles. The van der Waals surface area contributed by atoms with Crippen molar-refractivity contribution in [3.8, 4) is 16.3 Å². The van der Waals surface area contributed by atoms with Gasteiger partial charge >= 0.3 is 0 Å². The summed E-state index contributed by atoms with van der Waals surface area (Å²) in [5.41, 5.74) is 1.05. The summed E-state index contributed by atoms with van der Waals surface area (Å²) in [5, 5.41) is 15.2. The van der Waals surface area contributed by atoms with Crippen LogP contribution in [-0.2, 0) is 9.59 Å². The van der Waals surface area contributed by atoms with Crippen LogP contribution in [0, 0.1) is 17.3 Å². The van der Waals surface area contributed by atoms with Gasteiger partial charge in [0.2, 0.25) is 16.9 Å². The molecule has 2 rings (SSSR count). The summed E-state index contributed by atoms with van der Waals surface area (Å²) in [6, 6.07) is 6.87. The standard InChI is InChI=1S/C24H36N4O3S/c1-8-16(3)20(25-19(29)13-15(2)14-24(4,5)6)21(30)26-23-28-27-22(32-23)17-9-11-18(31-7)12-10-17/h9-12,15-16,20H,8,13-14H2,1-7H3,(H,25,29)(H,26,28,30). The van der Waals surface area contributed by atoms with E-state index in [4.69, 9.17) is 4.74 Å². The number of nitrogens with one attached hydrogen (secondary N) is 2. The van der Waals surface area contributed by atoms with Crippen molar-refractivity contribution in [2.75, 3.05) is 12.4 Å². The molecule has 0 fully saturated rings. The normalized spacial score (nSPS) is 14.3. The molecule has 0 bridgehead atoms. The van der Waals surface area contributed by atoms with Gasteiger partial charge in [-0.1, -0.05) is 59.3 Å². The lowest BCUT2D eigenvalue weighted by molar-refractivity contribution is -0.128. The van der Waals surface area contributed by atoms with Crippen LogP contribution < -0.4 is 15.4 Å². The number of rotatable bonds is 10. The van der Waals surface area contributed by atoms with E-state index in [1.165, 1.54) is 11.3 Å².